The van der Waals surface area contributed by atoms with Crippen LogP contribution in [0.25, 0.3) is 11.4 Å². The van der Waals surface area contributed by atoms with E-state index >= 15 is 0 Å². The zero-order chi connectivity index (χ0) is 19.2. The largest absolute Gasteiger partial charge is 0.348 e. The monoisotopic (exact) mass is 380 g/mol. The van der Waals surface area contributed by atoms with Gasteiger partial charge in [0, 0.05) is 5.56 Å². The fraction of sp³-hybridized carbons (Fsp3) is 0.286. The lowest BCUT2D eigenvalue weighted by atomic mass is 10.0. The van der Waals surface area contributed by atoms with E-state index in [0.29, 0.717) is 10.6 Å². The van der Waals surface area contributed by atoms with Crippen molar-refractivity contribution in [3.63, 3.8) is 0 Å². The highest BCUT2D eigenvalue weighted by Crippen LogP contribution is 2.20. The number of hydrogen-bond donors (Lipinski definition) is 2. The number of aryl methyl sites for hydroxylation is 1. The molecule has 0 spiro atoms. The van der Waals surface area contributed by atoms with Crippen LogP contribution in [0.4, 0.5) is 0 Å². The summed E-state index contributed by atoms with van der Waals surface area (Å²) >= 11 is 5.35. The van der Waals surface area contributed by atoms with Gasteiger partial charge in [-0.15, -0.1) is 0 Å². The van der Waals surface area contributed by atoms with Gasteiger partial charge >= 0.3 is 0 Å². The minimum absolute atomic E-state index is 0.00723. The molecule has 0 aliphatic heterocycles. The summed E-state index contributed by atoms with van der Waals surface area (Å²) in [7, 11) is 0. The van der Waals surface area contributed by atoms with Gasteiger partial charge in [-0.3, -0.25) is 14.5 Å². The van der Waals surface area contributed by atoms with E-state index in [0.717, 1.165) is 29.5 Å². The Balaban J connectivity index is 1.80. The van der Waals surface area contributed by atoms with Crippen molar-refractivity contribution in [2.45, 2.75) is 39.3 Å². The second kappa shape index (κ2) is 8.77. The highest BCUT2D eigenvalue weighted by molar-refractivity contribution is 7.71. The summed E-state index contributed by atoms with van der Waals surface area (Å²) in [5, 5.41) is 10.3. The van der Waals surface area contributed by atoms with E-state index in [-0.39, 0.29) is 18.5 Å². The molecule has 140 valence electrons. The first-order chi connectivity index (χ1) is 13.1. The Kier molecular flexibility index (Phi) is 6.19. The molecule has 0 aliphatic carbocycles. The maximum Gasteiger partial charge on any atom is 0.240 e. The van der Waals surface area contributed by atoms with Crippen molar-refractivity contribution in [1.82, 2.24) is 20.1 Å². The van der Waals surface area contributed by atoms with Crippen molar-refractivity contribution >= 4 is 18.1 Å². The molecule has 0 fully saturated rings. The van der Waals surface area contributed by atoms with E-state index in [1.807, 2.05) is 61.5 Å². The molecule has 2 N–H and O–H groups in total. The highest BCUT2D eigenvalue weighted by Gasteiger charge is 2.17. The van der Waals surface area contributed by atoms with Crippen molar-refractivity contribution < 1.29 is 4.79 Å². The van der Waals surface area contributed by atoms with Gasteiger partial charge in [-0.2, -0.15) is 5.10 Å². The van der Waals surface area contributed by atoms with Crippen molar-refractivity contribution in [2.75, 3.05) is 0 Å². The maximum absolute atomic E-state index is 12.8. The summed E-state index contributed by atoms with van der Waals surface area (Å²) < 4.78 is 2.18. The van der Waals surface area contributed by atoms with Crippen LogP contribution in [0.3, 0.4) is 0 Å². The first-order valence-electron chi connectivity index (χ1n) is 9.15. The predicted octanol–water partition coefficient (Wildman–Crippen LogP) is 4.57. The van der Waals surface area contributed by atoms with Crippen LogP contribution in [-0.2, 0) is 11.3 Å². The van der Waals surface area contributed by atoms with Crippen molar-refractivity contribution in [3.05, 3.63) is 70.5 Å². The Bertz CT molecular complexity index is 962. The average Bonchev–Trinajstić information content (AvgIpc) is 3.02. The molecule has 27 heavy (non-hydrogen) atoms. The summed E-state index contributed by atoms with van der Waals surface area (Å²) in [4.78, 5) is 12.8. The molecule has 0 radical (unpaired) electrons. The second-order valence-electron chi connectivity index (χ2n) is 6.63. The molecule has 1 unspecified atom stereocenters. The minimum Gasteiger partial charge on any atom is -0.348 e. The summed E-state index contributed by atoms with van der Waals surface area (Å²) in [6.45, 7) is 4.27. The van der Waals surface area contributed by atoms with Crippen LogP contribution in [0.5, 0.6) is 0 Å². The van der Waals surface area contributed by atoms with E-state index in [2.05, 4.69) is 22.4 Å². The van der Waals surface area contributed by atoms with Crippen LogP contribution in [-0.4, -0.2) is 20.7 Å². The van der Waals surface area contributed by atoms with Crippen LogP contribution in [0.1, 0.15) is 36.9 Å². The van der Waals surface area contributed by atoms with Crippen LogP contribution in [0, 0.1) is 11.7 Å². The van der Waals surface area contributed by atoms with Gasteiger partial charge in [-0.1, -0.05) is 67.4 Å². The lowest BCUT2D eigenvalue weighted by Crippen LogP contribution is -2.31. The zero-order valence-electron chi connectivity index (χ0n) is 15.6. The Morgan fingerprint density at radius 1 is 1.22 bits per heavy atom. The number of aromatic amines is 1. The molecule has 3 aromatic rings. The third-order valence-corrected chi connectivity index (χ3v) is 4.76. The molecule has 1 aromatic heterocycles. The first kappa shape index (κ1) is 19.0. The van der Waals surface area contributed by atoms with Gasteiger partial charge in [0.15, 0.2) is 10.6 Å². The smallest absolute Gasteiger partial charge is 0.240 e. The van der Waals surface area contributed by atoms with Gasteiger partial charge < -0.3 is 5.32 Å². The van der Waals surface area contributed by atoms with Gasteiger partial charge in [-0.25, -0.2) is 0 Å². The number of rotatable bonds is 7. The molecule has 6 heteroatoms. The predicted molar refractivity (Wildman–Crippen MR) is 110 cm³/mol. The fourth-order valence-electron chi connectivity index (χ4n) is 3.15. The van der Waals surface area contributed by atoms with E-state index in [4.69, 9.17) is 12.2 Å². The van der Waals surface area contributed by atoms with Gasteiger partial charge in [0.2, 0.25) is 5.91 Å². The minimum atomic E-state index is -0.0799. The van der Waals surface area contributed by atoms with Crippen LogP contribution >= 0.6 is 12.2 Å². The van der Waals surface area contributed by atoms with Gasteiger partial charge in [0.1, 0.15) is 6.54 Å². The Hall–Kier alpha value is -2.73. The zero-order valence-corrected chi connectivity index (χ0v) is 16.4. The summed E-state index contributed by atoms with van der Waals surface area (Å²) in [5.74, 6) is 0.592. The van der Waals surface area contributed by atoms with Crippen molar-refractivity contribution in [3.8, 4) is 11.4 Å². The quantitative estimate of drug-likeness (QED) is 0.590. The normalized spacial score (nSPS) is 11.9. The Labute approximate surface area is 164 Å². The molecule has 0 saturated heterocycles. The van der Waals surface area contributed by atoms with Gasteiger partial charge in [0.25, 0.3) is 0 Å². The molecular weight excluding hydrogens is 356 g/mol. The first-order valence-corrected chi connectivity index (χ1v) is 9.56. The van der Waals surface area contributed by atoms with Crippen molar-refractivity contribution in [1.29, 1.82) is 0 Å². The molecule has 0 saturated carbocycles. The number of hydrogen-bond acceptors (Lipinski definition) is 3. The lowest BCUT2D eigenvalue weighted by molar-refractivity contribution is -0.122. The molecule has 0 aliphatic rings. The molecule has 1 amide bonds. The molecule has 2 aromatic carbocycles. The van der Waals surface area contributed by atoms with Gasteiger partial charge in [-0.05, 0) is 37.2 Å². The highest BCUT2D eigenvalue weighted by atomic mass is 32.1. The number of nitrogens with zero attached hydrogens (tertiary/aromatic N) is 2. The van der Waals surface area contributed by atoms with Crippen LogP contribution in [0.2, 0.25) is 0 Å². The summed E-state index contributed by atoms with van der Waals surface area (Å²) in [5.41, 5.74) is 3.18. The molecule has 1 heterocycles. The number of carbonyl (C=O) groups is 1. The SMILES string of the molecule is CCCC(NC(=O)Cn1c(-c2cccc(C)c2)n[nH]c1=S)c1ccccc1. The lowest BCUT2D eigenvalue weighted by Gasteiger charge is -2.19. The second-order valence-corrected chi connectivity index (χ2v) is 7.01. The fourth-order valence-corrected chi connectivity index (χ4v) is 3.35. The average molecular weight is 381 g/mol. The van der Waals surface area contributed by atoms with Crippen LogP contribution in [0.15, 0.2) is 54.6 Å². The molecular formula is C21H24N4OS. The maximum atomic E-state index is 12.8. The third-order valence-electron chi connectivity index (χ3n) is 4.45. The number of nitrogens with one attached hydrogen (secondary N) is 2. The van der Waals surface area contributed by atoms with Crippen LogP contribution < -0.4 is 5.32 Å². The van der Waals surface area contributed by atoms with Gasteiger partial charge in [0.05, 0.1) is 6.04 Å². The Morgan fingerprint density at radius 3 is 2.70 bits per heavy atom. The molecule has 3 rings (SSSR count). The Morgan fingerprint density at radius 2 is 2.00 bits per heavy atom. The van der Waals surface area contributed by atoms with Crippen molar-refractivity contribution in [2.24, 2.45) is 0 Å². The third kappa shape index (κ3) is 4.71. The van der Waals surface area contributed by atoms with E-state index < -0.39 is 0 Å². The number of aromatic nitrogens is 3. The van der Waals surface area contributed by atoms with E-state index in [9.17, 15) is 4.79 Å². The van der Waals surface area contributed by atoms with E-state index in [1.54, 1.807) is 4.57 Å². The molecule has 0 bridgehead atoms. The number of benzene rings is 2. The topological polar surface area (TPSA) is 62.7 Å². The molecule has 1 atom stereocenters. The standard InChI is InChI=1S/C21H24N4OS/c1-3-8-18(16-10-5-4-6-11-16)22-19(26)14-25-20(23-24-21(25)27)17-12-7-9-15(2)13-17/h4-7,9-13,18H,3,8,14H2,1-2H3,(H,22,26)(H,24,27). The summed E-state index contributed by atoms with van der Waals surface area (Å²) in [6, 6.07) is 18.0. The number of carbonyl (C=O) groups excluding carboxylic acids is 1. The summed E-state index contributed by atoms with van der Waals surface area (Å²) in [6.07, 6.45) is 1.87. The van der Waals surface area contributed by atoms with E-state index in [1.165, 1.54) is 0 Å². The number of amides is 1. The molecule has 5 nitrogen and oxygen atoms in total. The number of H-pyrrole nitrogens is 1.